The van der Waals surface area contributed by atoms with E-state index in [0.29, 0.717) is 17.8 Å². The van der Waals surface area contributed by atoms with E-state index in [0.717, 1.165) is 28.3 Å². The van der Waals surface area contributed by atoms with Crippen LogP contribution in [-0.4, -0.2) is 33.7 Å². The summed E-state index contributed by atoms with van der Waals surface area (Å²) in [7, 11) is -2.15. The standard InChI is InChI=1S/C24H24N2O3S2/c1-18-8-14-21(15-9-18)31(28,29)25(2)20-12-10-19(11-13-20)24(27)26-16-5-17-30-23-7-4-3-6-22(23)26/h3-4,6-15H,5,16-17H2,1-2H3. The fourth-order valence-electron chi connectivity index (χ4n) is 3.52. The highest BCUT2D eigenvalue weighted by Gasteiger charge is 2.24. The number of sulfonamides is 1. The number of thioether (sulfide) groups is 1. The van der Waals surface area contributed by atoms with Gasteiger partial charge >= 0.3 is 0 Å². The zero-order valence-electron chi connectivity index (χ0n) is 17.5. The number of aryl methyl sites for hydroxylation is 1. The van der Waals surface area contributed by atoms with Crippen molar-refractivity contribution in [1.82, 2.24) is 0 Å². The van der Waals surface area contributed by atoms with Gasteiger partial charge in [-0.05, 0) is 67.6 Å². The second-order valence-electron chi connectivity index (χ2n) is 7.46. The number of hydrogen-bond donors (Lipinski definition) is 0. The molecule has 0 bridgehead atoms. The van der Waals surface area contributed by atoms with Crippen LogP contribution in [0.5, 0.6) is 0 Å². The summed E-state index contributed by atoms with van der Waals surface area (Å²) in [4.78, 5) is 16.4. The van der Waals surface area contributed by atoms with Gasteiger partial charge in [0, 0.05) is 24.1 Å². The third-order valence-corrected chi connectivity index (χ3v) is 8.29. The number of amides is 1. The number of carbonyl (C=O) groups is 1. The Morgan fingerprint density at radius 2 is 1.65 bits per heavy atom. The van der Waals surface area contributed by atoms with Crippen molar-refractivity contribution >= 4 is 39.1 Å². The van der Waals surface area contributed by atoms with Crippen LogP contribution in [0.3, 0.4) is 0 Å². The van der Waals surface area contributed by atoms with Crippen molar-refractivity contribution < 1.29 is 13.2 Å². The summed E-state index contributed by atoms with van der Waals surface area (Å²) in [6, 6.07) is 21.5. The molecule has 7 heteroatoms. The first-order valence-corrected chi connectivity index (χ1v) is 12.5. The number of benzene rings is 3. The molecular formula is C24H24N2O3S2. The Labute approximate surface area is 187 Å². The lowest BCUT2D eigenvalue weighted by molar-refractivity contribution is 0.0986. The molecule has 1 aliphatic rings. The van der Waals surface area contributed by atoms with Crippen molar-refractivity contribution in [3.05, 3.63) is 83.9 Å². The molecule has 0 radical (unpaired) electrons. The van der Waals surface area contributed by atoms with Crippen LogP contribution in [0.2, 0.25) is 0 Å². The van der Waals surface area contributed by atoms with Crippen molar-refractivity contribution in [2.45, 2.75) is 23.1 Å². The molecule has 1 heterocycles. The lowest BCUT2D eigenvalue weighted by Gasteiger charge is -2.23. The van der Waals surface area contributed by atoms with Gasteiger partial charge in [0.15, 0.2) is 0 Å². The van der Waals surface area contributed by atoms with Gasteiger partial charge in [0.25, 0.3) is 15.9 Å². The highest BCUT2D eigenvalue weighted by molar-refractivity contribution is 7.99. The Morgan fingerprint density at radius 1 is 0.968 bits per heavy atom. The predicted molar refractivity (Wildman–Crippen MR) is 127 cm³/mol. The Hall–Kier alpha value is -2.77. The third kappa shape index (κ3) is 4.34. The minimum atomic E-state index is -3.67. The van der Waals surface area contributed by atoms with Crippen LogP contribution in [0.15, 0.2) is 82.6 Å². The summed E-state index contributed by atoms with van der Waals surface area (Å²) in [6.07, 6.45) is 0.917. The van der Waals surface area contributed by atoms with Gasteiger partial charge < -0.3 is 4.90 Å². The van der Waals surface area contributed by atoms with E-state index in [1.54, 1.807) is 60.3 Å². The average Bonchev–Trinajstić information content (AvgIpc) is 3.01. The Morgan fingerprint density at radius 3 is 2.35 bits per heavy atom. The number of anilines is 2. The van der Waals surface area contributed by atoms with Gasteiger partial charge in [-0.25, -0.2) is 8.42 Å². The number of para-hydroxylation sites is 1. The number of fused-ring (bicyclic) bond motifs is 1. The second kappa shape index (κ2) is 8.77. The van der Waals surface area contributed by atoms with E-state index in [-0.39, 0.29) is 10.8 Å². The van der Waals surface area contributed by atoms with Crippen molar-refractivity contribution in [1.29, 1.82) is 0 Å². The normalized spacial score (nSPS) is 13.9. The van der Waals surface area contributed by atoms with Gasteiger partial charge in [-0.2, -0.15) is 0 Å². The molecule has 0 spiro atoms. The predicted octanol–water partition coefficient (Wildman–Crippen LogP) is 4.96. The van der Waals surface area contributed by atoms with E-state index in [9.17, 15) is 13.2 Å². The first-order valence-electron chi connectivity index (χ1n) is 10.1. The van der Waals surface area contributed by atoms with Crippen LogP contribution in [0.1, 0.15) is 22.3 Å². The van der Waals surface area contributed by atoms with Crippen molar-refractivity contribution in [2.75, 3.05) is 28.6 Å². The van der Waals surface area contributed by atoms with E-state index in [1.165, 1.54) is 11.4 Å². The van der Waals surface area contributed by atoms with Gasteiger partial charge in [-0.15, -0.1) is 11.8 Å². The maximum Gasteiger partial charge on any atom is 0.264 e. The molecule has 0 saturated carbocycles. The fraction of sp³-hybridized carbons (Fsp3) is 0.208. The van der Waals surface area contributed by atoms with E-state index in [1.807, 2.05) is 36.1 Å². The molecule has 0 saturated heterocycles. The zero-order valence-corrected chi connectivity index (χ0v) is 19.1. The summed E-state index contributed by atoms with van der Waals surface area (Å²) in [6.45, 7) is 2.57. The van der Waals surface area contributed by atoms with Crippen LogP contribution in [0, 0.1) is 6.92 Å². The van der Waals surface area contributed by atoms with Crippen LogP contribution in [-0.2, 0) is 10.0 Å². The van der Waals surface area contributed by atoms with Crippen molar-refractivity contribution in [3.8, 4) is 0 Å². The number of hydrogen-bond acceptors (Lipinski definition) is 4. The topological polar surface area (TPSA) is 57.7 Å². The summed E-state index contributed by atoms with van der Waals surface area (Å²) < 4.78 is 27.1. The molecule has 1 aliphatic heterocycles. The lowest BCUT2D eigenvalue weighted by atomic mass is 10.1. The van der Waals surface area contributed by atoms with Gasteiger partial charge in [-0.3, -0.25) is 9.10 Å². The molecule has 0 unspecified atom stereocenters. The molecule has 0 fully saturated rings. The highest BCUT2D eigenvalue weighted by Crippen LogP contribution is 2.34. The molecular weight excluding hydrogens is 428 g/mol. The Kier molecular flexibility index (Phi) is 6.07. The molecule has 0 atom stereocenters. The summed E-state index contributed by atoms with van der Waals surface area (Å²) >= 11 is 1.77. The number of carbonyl (C=O) groups excluding carboxylic acids is 1. The molecule has 3 aromatic carbocycles. The molecule has 5 nitrogen and oxygen atoms in total. The minimum absolute atomic E-state index is 0.0782. The highest BCUT2D eigenvalue weighted by atomic mass is 32.2. The van der Waals surface area contributed by atoms with E-state index >= 15 is 0 Å². The van der Waals surface area contributed by atoms with Crippen molar-refractivity contribution in [3.63, 3.8) is 0 Å². The molecule has 31 heavy (non-hydrogen) atoms. The van der Waals surface area contributed by atoms with Crippen LogP contribution >= 0.6 is 11.8 Å². The number of rotatable bonds is 4. The summed E-state index contributed by atoms with van der Waals surface area (Å²) in [5.41, 5.74) is 2.96. The monoisotopic (exact) mass is 452 g/mol. The molecule has 0 aromatic heterocycles. The summed E-state index contributed by atoms with van der Waals surface area (Å²) in [5, 5.41) is 0. The van der Waals surface area contributed by atoms with E-state index < -0.39 is 10.0 Å². The van der Waals surface area contributed by atoms with Crippen LogP contribution < -0.4 is 9.21 Å². The maximum absolute atomic E-state index is 13.2. The van der Waals surface area contributed by atoms with Crippen LogP contribution in [0.4, 0.5) is 11.4 Å². The van der Waals surface area contributed by atoms with E-state index in [4.69, 9.17) is 0 Å². The SMILES string of the molecule is Cc1ccc(S(=O)(=O)N(C)c2ccc(C(=O)N3CCCSc4ccccc43)cc2)cc1. The molecule has 4 rings (SSSR count). The minimum Gasteiger partial charge on any atom is -0.307 e. The second-order valence-corrected chi connectivity index (χ2v) is 10.6. The third-order valence-electron chi connectivity index (χ3n) is 5.34. The van der Waals surface area contributed by atoms with Gasteiger partial charge in [0.1, 0.15) is 0 Å². The maximum atomic E-state index is 13.2. The van der Waals surface area contributed by atoms with Gasteiger partial charge in [0.2, 0.25) is 0 Å². The smallest absolute Gasteiger partial charge is 0.264 e. The quantitative estimate of drug-likeness (QED) is 0.561. The molecule has 160 valence electrons. The average molecular weight is 453 g/mol. The zero-order chi connectivity index (χ0) is 22.0. The fourth-order valence-corrected chi connectivity index (χ4v) is 5.71. The van der Waals surface area contributed by atoms with Gasteiger partial charge in [-0.1, -0.05) is 29.8 Å². The number of nitrogens with zero attached hydrogens (tertiary/aromatic N) is 2. The van der Waals surface area contributed by atoms with Crippen LogP contribution in [0.25, 0.3) is 0 Å². The largest absolute Gasteiger partial charge is 0.307 e. The summed E-state index contributed by atoms with van der Waals surface area (Å²) in [5.74, 6) is 0.895. The lowest BCUT2D eigenvalue weighted by Crippen LogP contribution is -2.32. The first kappa shape index (κ1) is 21.5. The Bertz CT molecular complexity index is 1190. The van der Waals surface area contributed by atoms with Gasteiger partial charge in [0.05, 0.1) is 16.3 Å². The molecule has 1 amide bonds. The molecule has 0 aliphatic carbocycles. The Balaban J connectivity index is 1.58. The first-order chi connectivity index (χ1) is 14.9. The van der Waals surface area contributed by atoms with E-state index in [2.05, 4.69) is 0 Å². The molecule has 3 aromatic rings. The van der Waals surface area contributed by atoms with Crippen molar-refractivity contribution in [2.24, 2.45) is 0 Å². The molecule has 0 N–H and O–H groups in total.